The van der Waals surface area contributed by atoms with E-state index in [1.54, 1.807) is 7.05 Å². The Kier molecular flexibility index (Phi) is 3.86. The van der Waals surface area contributed by atoms with Crippen molar-refractivity contribution in [2.45, 2.75) is 45.7 Å². The third kappa shape index (κ3) is 2.92. The summed E-state index contributed by atoms with van der Waals surface area (Å²) in [7, 11) is 1.80. The number of hydrogen-bond acceptors (Lipinski definition) is 3. The fraction of sp³-hybridized carbons (Fsp3) is 0.667. The van der Waals surface area contributed by atoms with Crippen molar-refractivity contribution in [3.63, 3.8) is 0 Å². The topological polar surface area (TPSA) is 46.9 Å². The maximum atomic E-state index is 11.9. The highest BCUT2D eigenvalue weighted by atomic mass is 16.1. The molecule has 0 radical (unpaired) electrons. The summed E-state index contributed by atoms with van der Waals surface area (Å²) >= 11 is 0. The molecule has 0 bridgehead atoms. The molecule has 1 aromatic heterocycles. The van der Waals surface area contributed by atoms with Crippen LogP contribution in [0.4, 0.5) is 0 Å². The van der Waals surface area contributed by atoms with Crippen LogP contribution in [-0.4, -0.2) is 28.2 Å². The maximum absolute atomic E-state index is 11.9. The summed E-state index contributed by atoms with van der Waals surface area (Å²) < 4.78 is 1.87. The first-order chi connectivity index (χ1) is 7.36. The number of likely N-dealkylation sites (N-methyl/N-ethyl adjacent to an activating group) is 1. The van der Waals surface area contributed by atoms with Crippen molar-refractivity contribution < 1.29 is 4.79 Å². The van der Waals surface area contributed by atoms with Crippen LogP contribution >= 0.6 is 0 Å². The van der Waals surface area contributed by atoms with Gasteiger partial charge in [0, 0.05) is 12.2 Å². The minimum absolute atomic E-state index is 0.156. The summed E-state index contributed by atoms with van der Waals surface area (Å²) in [4.78, 5) is 11.9. The molecular weight excluding hydrogens is 202 g/mol. The molecule has 0 aromatic carbocycles. The number of carbonyl (C=O) groups excluding carboxylic acids is 1. The van der Waals surface area contributed by atoms with Crippen LogP contribution in [-0.2, 0) is 11.2 Å². The van der Waals surface area contributed by atoms with Crippen LogP contribution in [0.15, 0.2) is 12.3 Å². The molecule has 1 rings (SSSR count). The molecule has 0 spiro atoms. The van der Waals surface area contributed by atoms with E-state index in [2.05, 4.69) is 24.3 Å². The van der Waals surface area contributed by atoms with Crippen LogP contribution in [0, 0.1) is 0 Å². The van der Waals surface area contributed by atoms with Gasteiger partial charge in [-0.3, -0.25) is 9.48 Å². The summed E-state index contributed by atoms with van der Waals surface area (Å²) in [5, 5.41) is 7.37. The second-order valence-electron chi connectivity index (χ2n) is 4.86. The molecule has 0 saturated carbocycles. The van der Waals surface area contributed by atoms with E-state index < -0.39 is 5.54 Å². The van der Waals surface area contributed by atoms with Gasteiger partial charge in [-0.15, -0.1) is 0 Å². The molecule has 90 valence electrons. The molecule has 0 atom stereocenters. The van der Waals surface area contributed by atoms with Crippen molar-refractivity contribution in [1.82, 2.24) is 15.1 Å². The average Bonchev–Trinajstić information content (AvgIpc) is 2.66. The number of rotatable bonds is 5. The minimum Gasteiger partial charge on any atom is -0.308 e. The smallest absolute Gasteiger partial charge is 0.158 e. The number of ketones is 1. The molecule has 0 aliphatic heterocycles. The van der Waals surface area contributed by atoms with E-state index in [1.807, 2.05) is 30.8 Å². The lowest BCUT2D eigenvalue weighted by Gasteiger charge is -2.21. The molecule has 1 heterocycles. The largest absolute Gasteiger partial charge is 0.308 e. The summed E-state index contributed by atoms with van der Waals surface area (Å²) in [6.07, 6.45) is 2.30. The molecule has 0 unspecified atom stereocenters. The van der Waals surface area contributed by atoms with Gasteiger partial charge in [-0.1, -0.05) is 0 Å². The van der Waals surface area contributed by atoms with Crippen LogP contribution in [0.2, 0.25) is 0 Å². The van der Waals surface area contributed by atoms with Crippen molar-refractivity contribution in [2.75, 3.05) is 7.05 Å². The zero-order valence-electron chi connectivity index (χ0n) is 10.7. The first-order valence-corrected chi connectivity index (χ1v) is 5.63. The number of hydrogen-bond donors (Lipinski definition) is 1. The van der Waals surface area contributed by atoms with Crippen molar-refractivity contribution in [3.05, 3.63) is 18.0 Å². The van der Waals surface area contributed by atoms with Gasteiger partial charge in [-0.25, -0.2) is 0 Å². The van der Waals surface area contributed by atoms with Crippen LogP contribution < -0.4 is 5.32 Å². The third-order valence-electron chi connectivity index (χ3n) is 2.86. The van der Waals surface area contributed by atoms with Gasteiger partial charge >= 0.3 is 0 Å². The summed E-state index contributed by atoms with van der Waals surface area (Å²) in [6.45, 7) is 7.90. The fourth-order valence-corrected chi connectivity index (χ4v) is 1.28. The molecule has 1 aromatic rings. The Hall–Kier alpha value is -1.16. The zero-order chi connectivity index (χ0) is 12.3. The van der Waals surface area contributed by atoms with Gasteiger partial charge in [0.2, 0.25) is 0 Å². The van der Waals surface area contributed by atoms with E-state index in [4.69, 9.17) is 0 Å². The minimum atomic E-state index is -0.485. The molecule has 4 heteroatoms. The maximum Gasteiger partial charge on any atom is 0.158 e. The number of carbonyl (C=O) groups is 1. The Morgan fingerprint density at radius 2 is 2.19 bits per heavy atom. The van der Waals surface area contributed by atoms with Gasteiger partial charge in [0.25, 0.3) is 0 Å². The van der Waals surface area contributed by atoms with Crippen LogP contribution in [0.25, 0.3) is 0 Å². The van der Waals surface area contributed by atoms with E-state index in [1.165, 1.54) is 0 Å². The molecule has 0 amide bonds. The monoisotopic (exact) mass is 223 g/mol. The number of nitrogens with one attached hydrogen (secondary N) is 1. The third-order valence-corrected chi connectivity index (χ3v) is 2.86. The molecule has 16 heavy (non-hydrogen) atoms. The van der Waals surface area contributed by atoms with Gasteiger partial charge < -0.3 is 5.32 Å². The number of nitrogens with zero attached hydrogens (tertiary/aromatic N) is 2. The Morgan fingerprint density at radius 1 is 1.56 bits per heavy atom. The summed E-state index contributed by atoms with van der Waals surface area (Å²) in [6, 6.07) is 2.24. The van der Waals surface area contributed by atoms with Crippen molar-refractivity contribution >= 4 is 5.78 Å². The quantitative estimate of drug-likeness (QED) is 0.824. The highest BCUT2D eigenvalue weighted by Crippen LogP contribution is 2.10. The van der Waals surface area contributed by atoms with E-state index in [-0.39, 0.29) is 5.78 Å². The summed E-state index contributed by atoms with van der Waals surface area (Å²) in [5.41, 5.74) is 0.351. The molecule has 4 nitrogen and oxygen atoms in total. The lowest BCUT2D eigenvalue weighted by molar-refractivity contribution is -0.123. The number of Topliss-reactive ketones (excluding diaryl/α,β-unsaturated/α-hetero) is 1. The zero-order valence-corrected chi connectivity index (χ0v) is 10.7. The van der Waals surface area contributed by atoms with E-state index in [9.17, 15) is 4.79 Å². The van der Waals surface area contributed by atoms with Crippen molar-refractivity contribution in [3.8, 4) is 0 Å². The van der Waals surface area contributed by atoms with Gasteiger partial charge in [-0.2, -0.15) is 5.10 Å². The van der Waals surface area contributed by atoms with Gasteiger partial charge in [-0.05, 0) is 40.8 Å². The van der Waals surface area contributed by atoms with Crippen LogP contribution in [0.1, 0.15) is 39.4 Å². The Balaban J connectivity index is 2.70. The van der Waals surface area contributed by atoms with Gasteiger partial charge in [0.15, 0.2) is 5.78 Å². The Morgan fingerprint density at radius 3 is 2.62 bits per heavy atom. The van der Waals surface area contributed by atoms with E-state index >= 15 is 0 Å². The predicted molar refractivity (Wildman–Crippen MR) is 64.5 cm³/mol. The average molecular weight is 223 g/mol. The van der Waals surface area contributed by atoms with E-state index in [0.29, 0.717) is 12.5 Å². The normalized spacial score (nSPS) is 12.1. The SMILES string of the molecule is CNC(C)(C)C(=O)Cc1ccn(C(C)C)n1. The lowest BCUT2D eigenvalue weighted by Crippen LogP contribution is -2.45. The standard InChI is InChI=1S/C12H21N3O/c1-9(2)15-7-6-10(14-15)8-11(16)12(3,4)13-5/h6-7,9,13H,8H2,1-5H3. The summed E-state index contributed by atoms with van der Waals surface area (Å²) in [5.74, 6) is 0.156. The molecular formula is C12H21N3O. The Labute approximate surface area is 97.0 Å². The lowest BCUT2D eigenvalue weighted by atomic mass is 9.96. The van der Waals surface area contributed by atoms with Crippen LogP contribution in [0.3, 0.4) is 0 Å². The second-order valence-corrected chi connectivity index (χ2v) is 4.86. The van der Waals surface area contributed by atoms with Crippen molar-refractivity contribution in [1.29, 1.82) is 0 Å². The second kappa shape index (κ2) is 4.78. The molecule has 0 saturated heterocycles. The molecule has 0 aliphatic rings. The van der Waals surface area contributed by atoms with Gasteiger partial charge in [0.05, 0.1) is 17.7 Å². The van der Waals surface area contributed by atoms with Gasteiger partial charge in [0.1, 0.15) is 0 Å². The fourth-order valence-electron chi connectivity index (χ4n) is 1.28. The highest BCUT2D eigenvalue weighted by Gasteiger charge is 2.25. The van der Waals surface area contributed by atoms with Crippen molar-refractivity contribution in [2.24, 2.45) is 0 Å². The first-order valence-electron chi connectivity index (χ1n) is 5.63. The van der Waals surface area contributed by atoms with E-state index in [0.717, 1.165) is 5.69 Å². The predicted octanol–water partition coefficient (Wildman–Crippen LogP) is 1.57. The molecule has 0 fully saturated rings. The highest BCUT2D eigenvalue weighted by molar-refractivity contribution is 5.89. The molecule has 1 N–H and O–H groups in total. The molecule has 0 aliphatic carbocycles. The Bertz CT molecular complexity index is 366. The number of aromatic nitrogens is 2. The van der Waals surface area contributed by atoms with Crippen LogP contribution in [0.5, 0.6) is 0 Å². The first kappa shape index (κ1) is 12.9.